The van der Waals surface area contributed by atoms with Gasteiger partial charge in [-0.1, -0.05) is 31.5 Å². The van der Waals surface area contributed by atoms with Crippen LogP contribution >= 0.6 is 0 Å². The average molecular weight is 260 g/mol. The third kappa shape index (κ3) is 3.51. The summed E-state index contributed by atoms with van der Waals surface area (Å²) in [5, 5.41) is 4.79. The van der Waals surface area contributed by atoms with Crippen molar-refractivity contribution in [3.63, 3.8) is 0 Å². The number of hydrogen-bond donors (Lipinski definition) is 2. The summed E-state index contributed by atoms with van der Waals surface area (Å²) in [7, 11) is 0. The molecule has 0 bridgehead atoms. The Morgan fingerprint density at radius 2 is 2.05 bits per heavy atom. The first-order valence-electron chi connectivity index (χ1n) is 7.17. The van der Waals surface area contributed by atoms with Crippen LogP contribution in [0.4, 0.5) is 5.82 Å². The minimum absolute atomic E-state index is 0.291. The molecule has 1 aromatic heterocycles. The number of nitrogens with one attached hydrogen (secondary N) is 2. The second-order valence-electron chi connectivity index (χ2n) is 5.12. The van der Waals surface area contributed by atoms with Crippen LogP contribution in [0.2, 0.25) is 0 Å². The molecule has 0 aliphatic heterocycles. The molecule has 0 atom stereocenters. The fourth-order valence-corrected chi connectivity index (χ4v) is 2.33. The van der Waals surface area contributed by atoms with Gasteiger partial charge in [-0.2, -0.15) is 0 Å². The first kappa shape index (κ1) is 13.9. The molecule has 3 nitrogen and oxygen atoms in total. The first-order chi connectivity index (χ1) is 9.22. The summed E-state index contributed by atoms with van der Waals surface area (Å²) in [5.74, 6) is 1.15. The number of anilines is 1. The van der Waals surface area contributed by atoms with Gasteiger partial charge in [-0.15, -0.1) is 0 Å². The van der Waals surface area contributed by atoms with Crippen molar-refractivity contribution in [1.82, 2.24) is 4.98 Å². The van der Waals surface area contributed by atoms with Crippen LogP contribution in [-0.2, 0) is 11.2 Å². The summed E-state index contributed by atoms with van der Waals surface area (Å²) in [5.41, 5.74) is 2.60. The molecule has 0 aliphatic rings. The molecule has 2 aromatic rings. The molecular weight excluding hydrogens is 236 g/mol. The quantitative estimate of drug-likeness (QED) is 0.739. The molecule has 0 saturated heterocycles. The van der Waals surface area contributed by atoms with E-state index in [1.807, 2.05) is 0 Å². The molecule has 104 valence electrons. The van der Waals surface area contributed by atoms with Crippen molar-refractivity contribution in [2.45, 2.75) is 39.7 Å². The van der Waals surface area contributed by atoms with Gasteiger partial charge in [-0.05, 0) is 26.3 Å². The van der Waals surface area contributed by atoms with Crippen LogP contribution in [0.5, 0.6) is 0 Å². The summed E-state index contributed by atoms with van der Waals surface area (Å²) in [4.78, 5) is 3.47. The summed E-state index contributed by atoms with van der Waals surface area (Å²) >= 11 is 0. The molecule has 1 aromatic carbocycles. The Bertz CT molecular complexity index is 516. The van der Waals surface area contributed by atoms with Crippen LogP contribution in [0, 0.1) is 0 Å². The number of rotatable bonds is 7. The van der Waals surface area contributed by atoms with E-state index >= 15 is 0 Å². The molecule has 0 spiro atoms. The Labute approximate surface area is 115 Å². The number of ether oxygens (including phenoxy) is 1. The number of benzene rings is 1. The molecule has 2 rings (SSSR count). The SMILES string of the molecule is CCCc1c(NCCOC(C)C)[nH]c2ccccc12. The molecule has 0 saturated carbocycles. The molecule has 19 heavy (non-hydrogen) atoms. The van der Waals surface area contributed by atoms with E-state index in [1.54, 1.807) is 0 Å². The standard InChI is InChI=1S/C16H24N2O/c1-4-7-14-13-8-5-6-9-15(13)18-16(14)17-10-11-19-12(2)3/h5-6,8-9,12,17-18H,4,7,10-11H2,1-3H3. The highest BCUT2D eigenvalue weighted by Gasteiger charge is 2.09. The van der Waals surface area contributed by atoms with E-state index in [0.717, 1.165) is 31.8 Å². The molecule has 0 unspecified atom stereocenters. The highest BCUT2D eigenvalue weighted by molar-refractivity contribution is 5.88. The normalized spacial score (nSPS) is 11.4. The number of aryl methyl sites for hydroxylation is 1. The smallest absolute Gasteiger partial charge is 0.107 e. The molecule has 3 heteroatoms. The Morgan fingerprint density at radius 3 is 2.79 bits per heavy atom. The average Bonchev–Trinajstić information content (AvgIpc) is 2.74. The lowest BCUT2D eigenvalue weighted by atomic mass is 10.1. The Hall–Kier alpha value is -1.48. The van der Waals surface area contributed by atoms with Gasteiger partial charge in [0.2, 0.25) is 0 Å². The maximum absolute atomic E-state index is 5.56. The number of para-hydroxylation sites is 1. The van der Waals surface area contributed by atoms with Crippen molar-refractivity contribution in [1.29, 1.82) is 0 Å². The zero-order chi connectivity index (χ0) is 13.7. The van der Waals surface area contributed by atoms with Gasteiger partial charge in [0.05, 0.1) is 12.7 Å². The third-order valence-electron chi connectivity index (χ3n) is 3.17. The molecule has 0 radical (unpaired) electrons. The summed E-state index contributed by atoms with van der Waals surface area (Å²) in [6, 6.07) is 8.48. The number of H-pyrrole nitrogens is 1. The van der Waals surface area contributed by atoms with Crippen LogP contribution in [0.3, 0.4) is 0 Å². The van der Waals surface area contributed by atoms with Crippen LogP contribution in [0.1, 0.15) is 32.8 Å². The number of fused-ring (bicyclic) bond motifs is 1. The summed E-state index contributed by atoms with van der Waals surface area (Å²) in [6.45, 7) is 7.91. The highest BCUT2D eigenvalue weighted by atomic mass is 16.5. The van der Waals surface area contributed by atoms with Gasteiger partial charge in [-0.3, -0.25) is 0 Å². The zero-order valence-electron chi connectivity index (χ0n) is 12.1. The van der Waals surface area contributed by atoms with E-state index in [0.29, 0.717) is 6.10 Å². The topological polar surface area (TPSA) is 37.0 Å². The lowest BCUT2D eigenvalue weighted by molar-refractivity contribution is 0.0870. The van der Waals surface area contributed by atoms with Crippen LogP contribution in [-0.4, -0.2) is 24.2 Å². The lowest BCUT2D eigenvalue weighted by Gasteiger charge is -2.10. The Kier molecular flexibility index (Phi) is 4.86. The second-order valence-corrected chi connectivity index (χ2v) is 5.12. The van der Waals surface area contributed by atoms with Crippen LogP contribution < -0.4 is 5.32 Å². The fraction of sp³-hybridized carbons (Fsp3) is 0.500. The predicted molar refractivity (Wildman–Crippen MR) is 81.9 cm³/mol. The van der Waals surface area contributed by atoms with Crippen molar-refractivity contribution < 1.29 is 4.74 Å². The maximum Gasteiger partial charge on any atom is 0.107 e. The van der Waals surface area contributed by atoms with Gasteiger partial charge in [0, 0.05) is 23.0 Å². The van der Waals surface area contributed by atoms with Crippen LogP contribution in [0.25, 0.3) is 10.9 Å². The minimum atomic E-state index is 0.291. The second kappa shape index (κ2) is 6.62. The molecule has 2 N–H and O–H groups in total. The van der Waals surface area contributed by atoms with Crippen molar-refractivity contribution in [3.8, 4) is 0 Å². The fourth-order valence-electron chi connectivity index (χ4n) is 2.33. The molecule has 1 heterocycles. The Balaban J connectivity index is 2.10. The van der Waals surface area contributed by atoms with Crippen molar-refractivity contribution >= 4 is 16.7 Å². The van der Waals surface area contributed by atoms with Crippen molar-refractivity contribution in [2.75, 3.05) is 18.5 Å². The predicted octanol–water partition coefficient (Wildman–Crippen LogP) is 3.96. The third-order valence-corrected chi connectivity index (χ3v) is 3.17. The van der Waals surface area contributed by atoms with Crippen LogP contribution in [0.15, 0.2) is 24.3 Å². The highest BCUT2D eigenvalue weighted by Crippen LogP contribution is 2.27. The van der Waals surface area contributed by atoms with E-state index in [4.69, 9.17) is 4.74 Å². The lowest BCUT2D eigenvalue weighted by Crippen LogP contribution is -2.14. The summed E-state index contributed by atoms with van der Waals surface area (Å²) < 4.78 is 5.56. The largest absolute Gasteiger partial charge is 0.377 e. The van der Waals surface area contributed by atoms with Gasteiger partial charge in [0.1, 0.15) is 5.82 Å². The molecule has 0 fully saturated rings. The first-order valence-corrected chi connectivity index (χ1v) is 7.17. The van der Waals surface area contributed by atoms with Gasteiger partial charge < -0.3 is 15.0 Å². The van der Waals surface area contributed by atoms with Crippen molar-refractivity contribution in [2.24, 2.45) is 0 Å². The van der Waals surface area contributed by atoms with Gasteiger partial charge in [0.25, 0.3) is 0 Å². The van der Waals surface area contributed by atoms with E-state index in [-0.39, 0.29) is 0 Å². The minimum Gasteiger partial charge on any atom is -0.377 e. The molecular formula is C16H24N2O. The van der Waals surface area contributed by atoms with E-state index < -0.39 is 0 Å². The number of aromatic amines is 1. The Morgan fingerprint density at radius 1 is 1.26 bits per heavy atom. The van der Waals surface area contributed by atoms with Gasteiger partial charge >= 0.3 is 0 Å². The van der Waals surface area contributed by atoms with E-state index in [9.17, 15) is 0 Å². The number of aromatic nitrogens is 1. The zero-order valence-corrected chi connectivity index (χ0v) is 12.1. The van der Waals surface area contributed by atoms with E-state index in [1.165, 1.54) is 16.5 Å². The monoisotopic (exact) mass is 260 g/mol. The van der Waals surface area contributed by atoms with Gasteiger partial charge in [0.15, 0.2) is 0 Å². The number of hydrogen-bond acceptors (Lipinski definition) is 2. The van der Waals surface area contributed by atoms with Gasteiger partial charge in [-0.25, -0.2) is 0 Å². The molecule has 0 aliphatic carbocycles. The summed E-state index contributed by atoms with van der Waals surface area (Å²) in [6.07, 6.45) is 2.54. The molecule has 0 amide bonds. The van der Waals surface area contributed by atoms with E-state index in [2.05, 4.69) is 55.3 Å². The maximum atomic E-state index is 5.56. The van der Waals surface area contributed by atoms with Crippen molar-refractivity contribution in [3.05, 3.63) is 29.8 Å².